The van der Waals surface area contributed by atoms with E-state index < -0.39 is 18.7 Å². The van der Waals surface area contributed by atoms with E-state index in [1.54, 1.807) is 6.92 Å². The maximum absolute atomic E-state index is 15.4. The van der Waals surface area contributed by atoms with Crippen molar-refractivity contribution in [3.63, 3.8) is 0 Å². The van der Waals surface area contributed by atoms with Gasteiger partial charge < -0.3 is 19.5 Å². The number of hydrogen-bond acceptors (Lipinski definition) is 8. The quantitative estimate of drug-likeness (QED) is 0.564. The van der Waals surface area contributed by atoms with Crippen molar-refractivity contribution in [1.29, 1.82) is 0 Å². The van der Waals surface area contributed by atoms with Crippen LogP contribution >= 0.6 is 11.3 Å². The van der Waals surface area contributed by atoms with Crippen LogP contribution in [0.1, 0.15) is 54.4 Å². The van der Waals surface area contributed by atoms with Gasteiger partial charge in [-0.15, -0.1) is 0 Å². The molecule has 12 heteroatoms. The van der Waals surface area contributed by atoms with Crippen molar-refractivity contribution < 1.29 is 27.2 Å². The van der Waals surface area contributed by atoms with Crippen LogP contribution in [0.4, 0.5) is 13.2 Å². The molecule has 1 N–H and O–H groups in total. The molecule has 2 aromatic rings. The number of nitrogens with zero attached hydrogens (tertiary/aromatic N) is 4. The SMILES string of the molecule is Cc1nc(CC(=O)NC2CCC(F)(CCN3CCc4nc(OCC(F)F)sc4CC3)CC2)no1. The third-order valence-electron chi connectivity index (χ3n) is 6.42. The van der Waals surface area contributed by atoms with Crippen molar-refractivity contribution >= 4 is 17.2 Å². The van der Waals surface area contributed by atoms with Crippen LogP contribution in [0, 0.1) is 6.92 Å². The third-order valence-corrected chi connectivity index (χ3v) is 7.49. The van der Waals surface area contributed by atoms with Crippen molar-refractivity contribution in [3.8, 4) is 5.19 Å². The third kappa shape index (κ3) is 6.91. The molecule has 0 atom stereocenters. The summed E-state index contributed by atoms with van der Waals surface area (Å²) >= 11 is 1.33. The van der Waals surface area contributed by atoms with Crippen molar-refractivity contribution in [2.75, 3.05) is 26.2 Å². The predicted octanol–water partition coefficient (Wildman–Crippen LogP) is 3.28. The molecular formula is C22H30F3N5O3S. The van der Waals surface area contributed by atoms with E-state index in [1.807, 2.05) is 0 Å². The number of halogens is 3. The number of amides is 1. The largest absolute Gasteiger partial charge is 0.464 e. The minimum absolute atomic E-state index is 0.0360. The minimum atomic E-state index is -2.51. The smallest absolute Gasteiger partial charge is 0.273 e. The first-order valence-electron chi connectivity index (χ1n) is 11.7. The van der Waals surface area contributed by atoms with E-state index in [-0.39, 0.29) is 18.4 Å². The zero-order chi connectivity index (χ0) is 24.1. The van der Waals surface area contributed by atoms with Gasteiger partial charge in [0.15, 0.2) is 12.4 Å². The first-order valence-corrected chi connectivity index (χ1v) is 12.5. The van der Waals surface area contributed by atoms with E-state index in [1.165, 1.54) is 11.3 Å². The summed E-state index contributed by atoms with van der Waals surface area (Å²) in [4.78, 5) is 23.9. The van der Waals surface area contributed by atoms with E-state index in [0.717, 1.165) is 30.1 Å². The van der Waals surface area contributed by atoms with Gasteiger partial charge in [-0.3, -0.25) is 4.79 Å². The van der Waals surface area contributed by atoms with E-state index >= 15 is 4.39 Å². The molecule has 8 nitrogen and oxygen atoms in total. The van der Waals surface area contributed by atoms with Gasteiger partial charge in [-0.25, -0.2) is 18.2 Å². The second-order valence-electron chi connectivity index (χ2n) is 9.04. The number of ether oxygens (including phenoxy) is 1. The van der Waals surface area contributed by atoms with Gasteiger partial charge in [-0.05, 0) is 38.5 Å². The molecule has 1 aliphatic carbocycles. The zero-order valence-electron chi connectivity index (χ0n) is 19.2. The van der Waals surface area contributed by atoms with Crippen LogP contribution in [-0.2, 0) is 24.1 Å². The molecule has 2 aliphatic rings. The topological polar surface area (TPSA) is 93.4 Å². The van der Waals surface area contributed by atoms with Crippen LogP contribution < -0.4 is 10.1 Å². The molecule has 1 aliphatic heterocycles. The lowest BCUT2D eigenvalue weighted by molar-refractivity contribution is -0.121. The molecular weight excluding hydrogens is 471 g/mol. The van der Waals surface area contributed by atoms with Gasteiger partial charge >= 0.3 is 0 Å². The molecule has 0 saturated heterocycles. The van der Waals surface area contributed by atoms with Crippen LogP contribution in [0.25, 0.3) is 0 Å². The molecule has 34 heavy (non-hydrogen) atoms. The molecule has 0 radical (unpaired) electrons. The van der Waals surface area contributed by atoms with Gasteiger partial charge in [0.25, 0.3) is 11.6 Å². The van der Waals surface area contributed by atoms with E-state index in [9.17, 15) is 13.6 Å². The molecule has 2 aromatic heterocycles. The van der Waals surface area contributed by atoms with Crippen LogP contribution in [0.5, 0.6) is 5.19 Å². The molecule has 1 saturated carbocycles. The number of hydrogen-bond donors (Lipinski definition) is 1. The summed E-state index contributed by atoms with van der Waals surface area (Å²) in [6, 6.07) is -0.0360. The Hall–Kier alpha value is -2.21. The van der Waals surface area contributed by atoms with Gasteiger partial charge in [-0.2, -0.15) is 4.98 Å². The highest BCUT2D eigenvalue weighted by Crippen LogP contribution is 2.35. The number of fused-ring (bicyclic) bond motifs is 1. The number of carbonyl (C=O) groups is 1. The van der Waals surface area contributed by atoms with Gasteiger partial charge in [0, 0.05) is 43.9 Å². The number of carbonyl (C=O) groups excluding carboxylic acids is 1. The summed E-state index contributed by atoms with van der Waals surface area (Å²) in [5.41, 5.74) is -0.323. The number of rotatable bonds is 9. The minimum Gasteiger partial charge on any atom is -0.464 e. The fraction of sp³-hybridized carbons (Fsp3) is 0.727. The maximum atomic E-state index is 15.4. The summed E-state index contributed by atoms with van der Waals surface area (Å²) in [5, 5.41) is 6.99. The summed E-state index contributed by atoms with van der Waals surface area (Å²) in [6.07, 6.45) is 1.53. The van der Waals surface area contributed by atoms with Crippen molar-refractivity contribution in [2.24, 2.45) is 0 Å². The zero-order valence-corrected chi connectivity index (χ0v) is 20.0. The lowest BCUT2D eigenvalue weighted by atomic mass is 9.81. The van der Waals surface area contributed by atoms with E-state index in [4.69, 9.17) is 9.26 Å². The van der Waals surface area contributed by atoms with Gasteiger partial charge in [0.2, 0.25) is 11.8 Å². The molecule has 188 valence electrons. The normalized spacial score (nSPS) is 23.5. The van der Waals surface area contributed by atoms with Gasteiger partial charge in [0.1, 0.15) is 5.67 Å². The Kier molecular flexibility index (Phi) is 8.07. The molecule has 1 fully saturated rings. The molecule has 3 heterocycles. The molecule has 0 bridgehead atoms. The van der Waals surface area contributed by atoms with Crippen molar-refractivity contribution in [2.45, 2.75) is 76.4 Å². The van der Waals surface area contributed by atoms with Gasteiger partial charge in [0.05, 0.1) is 12.1 Å². The lowest BCUT2D eigenvalue weighted by Crippen LogP contribution is -2.43. The van der Waals surface area contributed by atoms with Crippen molar-refractivity contribution in [3.05, 3.63) is 22.3 Å². The number of alkyl halides is 3. The van der Waals surface area contributed by atoms with Crippen LogP contribution in [0.3, 0.4) is 0 Å². The Balaban J connectivity index is 1.17. The highest BCUT2D eigenvalue weighted by molar-refractivity contribution is 7.13. The molecule has 0 aromatic carbocycles. The van der Waals surface area contributed by atoms with Crippen LogP contribution in [0.2, 0.25) is 0 Å². The second kappa shape index (κ2) is 11.0. The first kappa shape index (κ1) is 24.9. The highest BCUT2D eigenvalue weighted by atomic mass is 32.1. The summed E-state index contributed by atoms with van der Waals surface area (Å²) in [6.45, 7) is 3.24. The molecule has 4 rings (SSSR count). The Morgan fingerprint density at radius 3 is 2.76 bits per heavy atom. The Morgan fingerprint density at radius 2 is 2.06 bits per heavy atom. The summed E-state index contributed by atoms with van der Waals surface area (Å²) in [5.74, 6) is 0.595. The molecule has 0 unspecified atom stereocenters. The molecule has 0 spiro atoms. The number of nitrogens with one attached hydrogen (secondary N) is 1. The second-order valence-corrected chi connectivity index (χ2v) is 10.1. The first-order chi connectivity index (χ1) is 16.3. The Morgan fingerprint density at radius 1 is 1.29 bits per heavy atom. The predicted molar refractivity (Wildman–Crippen MR) is 119 cm³/mol. The van der Waals surface area contributed by atoms with Crippen molar-refractivity contribution in [1.82, 2.24) is 25.3 Å². The average molecular weight is 502 g/mol. The Labute approximate surface area is 200 Å². The van der Waals surface area contributed by atoms with Crippen LogP contribution in [-0.4, -0.2) is 70.3 Å². The van der Waals surface area contributed by atoms with E-state index in [2.05, 4.69) is 25.3 Å². The van der Waals surface area contributed by atoms with Gasteiger partial charge in [-0.1, -0.05) is 16.5 Å². The summed E-state index contributed by atoms with van der Waals surface area (Å²) < 4.78 is 50.0. The highest BCUT2D eigenvalue weighted by Gasteiger charge is 2.36. The number of thiazole rings is 1. The fourth-order valence-electron chi connectivity index (χ4n) is 4.53. The fourth-order valence-corrected chi connectivity index (χ4v) is 5.48. The van der Waals surface area contributed by atoms with Crippen LogP contribution in [0.15, 0.2) is 4.52 Å². The maximum Gasteiger partial charge on any atom is 0.273 e. The molecule has 1 amide bonds. The number of aromatic nitrogens is 3. The lowest BCUT2D eigenvalue weighted by Gasteiger charge is -2.35. The standard InChI is InChI=1S/C22H30F3N5O3S/c1-14-26-19(29-33-14)12-20(31)27-15-2-6-22(25,7-3-15)8-11-30-9-4-16-17(5-10-30)34-21(28-16)32-13-18(23)24/h15,18H,2-13H2,1H3,(H,27,31). The summed E-state index contributed by atoms with van der Waals surface area (Å²) in [7, 11) is 0. The number of aryl methyl sites for hydroxylation is 1. The Bertz CT molecular complexity index is 936. The average Bonchev–Trinajstić information content (AvgIpc) is 3.33. The van der Waals surface area contributed by atoms with E-state index in [0.29, 0.717) is 62.0 Å². The monoisotopic (exact) mass is 501 g/mol.